The minimum atomic E-state index is -0.221. The molecule has 6 heteroatoms. The van der Waals surface area contributed by atoms with Crippen LogP contribution >= 0.6 is 0 Å². The van der Waals surface area contributed by atoms with Crippen molar-refractivity contribution < 1.29 is 5.11 Å². The van der Waals surface area contributed by atoms with Gasteiger partial charge in [0.1, 0.15) is 5.82 Å². The van der Waals surface area contributed by atoms with E-state index < -0.39 is 0 Å². The van der Waals surface area contributed by atoms with Crippen molar-refractivity contribution in [2.45, 2.75) is 32.7 Å². The monoisotopic (exact) mass is 225 g/mol. The topological polar surface area (TPSA) is 96.1 Å². The number of nitrogens with one attached hydrogen (secondary N) is 2. The fourth-order valence-corrected chi connectivity index (χ4v) is 1.39. The molecule has 1 aromatic heterocycles. The molecular weight excluding hydrogens is 206 g/mol. The van der Waals surface area contributed by atoms with Crippen molar-refractivity contribution in [3.63, 3.8) is 0 Å². The van der Waals surface area contributed by atoms with Gasteiger partial charge in [0.25, 0.3) is 0 Å². The summed E-state index contributed by atoms with van der Waals surface area (Å²) < 4.78 is 0. The molecule has 1 heterocycles. The highest BCUT2D eigenvalue weighted by Crippen LogP contribution is 2.17. The van der Waals surface area contributed by atoms with Crippen LogP contribution < -0.4 is 16.6 Å². The van der Waals surface area contributed by atoms with Gasteiger partial charge in [-0.1, -0.05) is 0 Å². The van der Waals surface area contributed by atoms with Gasteiger partial charge in [-0.3, -0.25) is 5.43 Å². The zero-order valence-corrected chi connectivity index (χ0v) is 9.91. The standard InChI is InChI=1S/C10H19N5O/c1-7-6-8(13-9(12-7)15-11)14-10(2,3)4-5-16/h6,16H,4-5,11H2,1-3H3,(H2,12,13,14,15). The number of nitrogen functional groups attached to an aromatic ring is 1. The molecule has 0 fully saturated rings. The number of rotatable bonds is 5. The molecule has 90 valence electrons. The number of nitrogens with two attached hydrogens (primary N) is 1. The Balaban J connectivity index is 2.84. The van der Waals surface area contributed by atoms with Gasteiger partial charge in [0, 0.05) is 23.9 Å². The van der Waals surface area contributed by atoms with E-state index in [0.29, 0.717) is 18.2 Å². The lowest BCUT2D eigenvalue weighted by atomic mass is 10.0. The normalized spacial score (nSPS) is 11.3. The maximum absolute atomic E-state index is 8.93. The predicted octanol–water partition coefficient (Wildman–Crippen LogP) is 0.644. The van der Waals surface area contributed by atoms with Crippen LogP contribution in [0, 0.1) is 6.92 Å². The Hall–Kier alpha value is -1.40. The van der Waals surface area contributed by atoms with Gasteiger partial charge < -0.3 is 10.4 Å². The minimum Gasteiger partial charge on any atom is -0.396 e. The molecule has 6 nitrogen and oxygen atoms in total. The average molecular weight is 225 g/mol. The van der Waals surface area contributed by atoms with E-state index in [1.807, 2.05) is 26.8 Å². The SMILES string of the molecule is Cc1cc(NC(C)(C)CCO)nc(NN)n1. The first-order chi connectivity index (χ1) is 7.46. The molecular formula is C10H19N5O. The number of nitrogens with zero attached hydrogens (tertiary/aromatic N) is 2. The van der Waals surface area contributed by atoms with Crippen LogP contribution in [0.4, 0.5) is 11.8 Å². The molecule has 0 spiro atoms. The van der Waals surface area contributed by atoms with Crippen molar-refractivity contribution in [1.29, 1.82) is 0 Å². The van der Waals surface area contributed by atoms with E-state index in [9.17, 15) is 0 Å². The largest absolute Gasteiger partial charge is 0.396 e. The summed E-state index contributed by atoms with van der Waals surface area (Å²) in [6.07, 6.45) is 0.640. The fraction of sp³-hybridized carbons (Fsp3) is 0.600. The predicted molar refractivity (Wildman–Crippen MR) is 64.0 cm³/mol. The van der Waals surface area contributed by atoms with Gasteiger partial charge in [0.15, 0.2) is 0 Å². The molecule has 0 saturated heterocycles. The van der Waals surface area contributed by atoms with Crippen LogP contribution in [0.15, 0.2) is 6.07 Å². The number of aliphatic hydroxyl groups excluding tert-OH is 1. The Morgan fingerprint density at radius 1 is 1.44 bits per heavy atom. The molecule has 0 radical (unpaired) electrons. The van der Waals surface area contributed by atoms with Crippen LogP contribution in [0.5, 0.6) is 0 Å². The van der Waals surface area contributed by atoms with Crippen molar-refractivity contribution >= 4 is 11.8 Å². The molecule has 0 bridgehead atoms. The number of aromatic nitrogens is 2. The van der Waals surface area contributed by atoms with Gasteiger partial charge in [-0.2, -0.15) is 4.98 Å². The first kappa shape index (κ1) is 12.7. The summed E-state index contributed by atoms with van der Waals surface area (Å²) in [6, 6.07) is 1.83. The van der Waals surface area contributed by atoms with Gasteiger partial charge >= 0.3 is 0 Å². The van der Waals surface area contributed by atoms with E-state index in [0.717, 1.165) is 5.69 Å². The van der Waals surface area contributed by atoms with Gasteiger partial charge in [-0.05, 0) is 27.2 Å². The van der Waals surface area contributed by atoms with Crippen molar-refractivity contribution in [2.24, 2.45) is 5.84 Å². The second-order valence-corrected chi connectivity index (χ2v) is 4.35. The zero-order chi connectivity index (χ0) is 12.2. The summed E-state index contributed by atoms with van der Waals surface area (Å²) in [5, 5.41) is 12.2. The molecule has 1 rings (SSSR count). The molecule has 0 unspecified atom stereocenters. The summed E-state index contributed by atoms with van der Waals surface area (Å²) in [5.41, 5.74) is 3.02. The first-order valence-electron chi connectivity index (χ1n) is 5.18. The van der Waals surface area contributed by atoms with Crippen LogP contribution in [-0.4, -0.2) is 27.2 Å². The summed E-state index contributed by atoms with van der Waals surface area (Å²) in [5.74, 6) is 6.34. The van der Waals surface area contributed by atoms with E-state index in [1.54, 1.807) is 0 Å². The average Bonchev–Trinajstić information content (AvgIpc) is 2.15. The number of anilines is 2. The Morgan fingerprint density at radius 2 is 2.12 bits per heavy atom. The Morgan fingerprint density at radius 3 is 2.69 bits per heavy atom. The van der Waals surface area contributed by atoms with E-state index in [2.05, 4.69) is 20.7 Å². The Kier molecular flexibility index (Phi) is 4.03. The smallest absolute Gasteiger partial charge is 0.239 e. The van der Waals surface area contributed by atoms with E-state index in [1.165, 1.54) is 0 Å². The number of aryl methyl sites for hydroxylation is 1. The summed E-state index contributed by atoms with van der Waals surface area (Å²) in [7, 11) is 0. The lowest BCUT2D eigenvalue weighted by Crippen LogP contribution is -2.32. The molecule has 0 aromatic carbocycles. The highest BCUT2D eigenvalue weighted by atomic mass is 16.3. The number of hydrazine groups is 1. The first-order valence-corrected chi connectivity index (χ1v) is 5.18. The molecule has 0 aliphatic carbocycles. The molecule has 0 aliphatic rings. The maximum Gasteiger partial charge on any atom is 0.239 e. The molecule has 0 saturated carbocycles. The van der Waals surface area contributed by atoms with Crippen molar-refractivity contribution in [3.05, 3.63) is 11.8 Å². The maximum atomic E-state index is 8.93. The molecule has 0 amide bonds. The third-order valence-corrected chi connectivity index (χ3v) is 2.19. The van der Waals surface area contributed by atoms with E-state index in [-0.39, 0.29) is 12.1 Å². The summed E-state index contributed by atoms with van der Waals surface area (Å²) >= 11 is 0. The highest BCUT2D eigenvalue weighted by molar-refractivity contribution is 5.43. The second-order valence-electron chi connectivity index (χ2n) is 4.35. The number of aliphatic hydroxyl groups is 1. The van der Waals surface area contributed by atoms with Crippen molar-refractivity contribution in [3.8, 4) is 0 Å². The summed E-state index contributed by atoms with van der Waals surface area (Å²) in [6.45, 7) is 5.99. The molecule has 0 aliphatic heterocycles. The van der Waals surface area contributed by atoms with Crippen molar-refractivity contribution in [2.75, 3.05) is 17.3 Å². The number of hydrogen-bond donors (Lipinski definition) is 4. The lowest BCUT2D eigenvalue weighted by molar-refractivity contribution is 0.260. The molecule has 1 aromatic rings. The van der Waals surface area contributed by atoms with Crippen molar-refractivity contribution in [1.82, 2.24) is 9.97 Å². The van der Waals surface area contributed by atoms with E-state index in [4.69, 9.17) is 10.9 Å². The highest BCUT2D eigenvalue weighted by Gasteiger charge is 2.17. The second kappa shape index (κ2) is 5.09. The van der Waals surface area contributed by atoms with Gasteiger partial charge in [-0.25, -0.2) is 10.8 Å². The lowest BCUT2D eigenvalue weighted by Gasteiger charge is -2.26. The zero-order valence-electron chi connectivity index (χ0n) is 9.91. The third kappa shape index (κ3) is 3.63. The Bertz CT molecular complexity index is 353. The van der Waals surface area contributed by atoms with Gasteiger partial charge in [0.2, 0.25) is 5.95 Å². The van der Waals surface area contributed by atoms with Gasteiger partial charge in [-0.15, -0.1) is 0 Å². The molecule has 16 heavy (non-hydrogen) atoms. The Labute approximate surface area is 95.3 Å². The third-order valence-electron chi connectivity index (χ3n) is 2.19. The van der Waals surface area contributed by atoms with Crippen LogP contribution in [-0.2, 0) is 0 Å². The quantitative estimate of drug-likeness (QED) is 0.434. The summed E-state index contributed by atoms with van der Waals surface area (Å²) in [4.78, 5) is 8.27. The van der Waals surface area contributed by atoms with Crippen LogP contribution in [0.1, 0.15) is 26.0 Å². The molecule has 0 atom stereocenters. The van der Waals surface area contributed by atoms with Crippen LogP contribution in [0.25, 0.3) is 0 Å². The number of hydrogen-bond acceptors (Lipinski definition) is 6. The van der Waals surface area contributed by atoms with Crippen LogP contribution in [0.2, 0.25) is 0 Å². The minimum absolute atomic E-state index is 0.131. The fourth-order valence-electron chi connectivity index (χ4n) is 1.39. The van der Waals surface area contributed by atoms with E-state index >= 15 is 0 Å². The molecule has 5 N–H and O–H groups in total. The van der Waals surface area contributed by atoms with Gasteiger partial charge in [0.05, 0.1) is 0 Å². The van der Waals surface area contributed by atoms with Crippen LogP contribution in [0.3, 0.4) is 0 Å².